The third-order valence-corrected chi connectivity index (χ3v) is 12.2. The van der Waals surface area contributed by atoms with Crippen molar-refractivity contribution in [2.75, 3.05) is 0 Å². The molecular formula is C54H50O6P2. The fourth-order valence-corrected chi connectivity index (χ4v) is 8.86. The summed E-state index contributed by atoms with van der Waals surface area (Å²) in [5.74, 6) is 2.44. The molecule has 0 aliphatic heterocycles. The fraction of sp³-hybridized carbons (Fsp3) is 0.167. The maximum atomic E-state index is 14.6. The Hall–Kier alpha value is -6.19. The molecule has 8 heteroatoms. The number of rotatable bonds is 16. The Labute approximate surface area is 368 Å². The average Bonchev–Trinajstić information content (AvgIpc) is 3.29. The molecule has 0 fully saturated rings. The van der Waals surface area contributed by atoms with Gasteiger partial charge >= 0.3 is 5.97 Å². The van der Waals surface area contributed by atoms with E-state index in [0.717, 1.165) is 61.7 Å². The number of para-hydroxylation sites is 2. The summed E-state index contributed by atoms with van der Waals surface area (Å²) in [6.45, 7) is 10.7. The molecule has 0 bridgehead atoms. The first-order valence-electron chi connectivity index (χ1n) is 21.0. The largest absolute Gasteiger partial charge is 0.457 e. The molecule has 0 aromatic heterocycles. The lowest BCUT2D eigenvalue weighted by molar-refractivity contribution is 0.0471. The summed E-state index contributed by atoms with van der Waals surface area (Å²) in [4.78, 5) is 14.6. The summed E-state index contributed by atoms with van der Waals surface area (Å²) in [7, 11) is -0.830. The second kappa shape index (κ2) is 19.7. The normalized spacial score (nSPS) is 11.7. The van der Waals surface area contributed by atoms with Crippen molar-refractivity contribution in [2.24, 2.45) is 0 Å². The highest BCUT2D eigenvalue weighted by molar-refractivity contribution is 7.27. The molecule has 0 saturated carbocycles. The molecule has 312 valence electrons. The van der Waals surface area contributed by atoms with Crippen molar-refractivity contribution in [1.82, 2.24) is 0 Å². The van der Waals surface area contributed by atoms with Gasteiger partial charge in [0.1, 0.15) is 35.2 Å². The van der Waals surface area contributed by atoms with Gasteiger partial charge in [-0.25, -0.2) is 4.79 Å². The molecule has 8 aromatic carbocycles. The van der Waals surface area contributed by atoms with E-state index in [1.807, 2.05) is 103 Å². The number of ether oxygens (including phenoxy) is 1. The quantitative estimate of drug-likeness (QED) is 0.0712. The number of hydrogen-bond acceptors (Lipinski definition) is 6. The highest BCUT2D eigenvalue weighted by Crippen LogP contribution is 2.50. The summed E-state index contributed by atoms with van der Waals surface area (Å²) < 4.78 is 32.2. The first-order valence-corrected chi connectivity index (χ1v) is 22.6. The third kappa shape index (κ3) is 9.79. The fourth-order valence-electron chi connectivity index (χ4n) is 7.67. The Bertz CT molecular complexity index is 2820. The number of hydrogen-bond donors (Lipinski definition) is 0. The monoisotopic (exact) mass is 856 g/mol. The van der Waals surface area contributed by atoms with Crippen LogP contribution < -0.4 is 18.1 Å². The van der Waals surface area contributed by atoms with Crippen LogP contribution in [0.4, 0.5) is 0 Å². The van der Waals surface area contributed by atoms with Crippen molar-refractivity contribution in [3.63, 3.8) is 0 Å². The lowest BCUT2D eigenvalue weighted by Crippen LogP contribution is -2.08. The van der Waals surface area contributed by atoms with E-state index in [9.17, 15) is 4.79 Å². The molecule has 8 rings (SSSR count). The van der Waals surface area contributed by atoms with Crippen LogP contribution in [0.5, 0.6) is 23.0 Å². The summed E-state index contributed by atoms with van der Waals surface area (Å²) in [6, 6.07) is 54.8. The van der Waals surface area contributed by atoms with Crippen LogP contribution in [0.3, 0.4) is 0 Å². The molecule has 0 saturated heterocycles. The van der Waals surface area contributed by atoms with Crippen LogP contribution in [0, 0.1) is 6.92 Å². The molecule has 0 radical (unpaired) electrons. The van der Waals surface area contributed by atoms with E-state index < -0.39 is 15.0 Å². The van der Waals surface area contributed by atoms with Crippen molar-refractivity contribution in [2.45, 2.75) is 59.5 Å². The second-order valence-corrected chi connectivity index (χ2v) is 17.2. The molecular weight excluding hydrogens is 807 g/mol. The van der Waals surface area contributed by atoms with E-state index in [1.165, 1.54) is 16.7 Å². The second-order valence-electron chi connectivity index (χ2n) is 16.0. The SMILES string of the molecule is Cc1ccc(Cc2ccc(COC(=O)c3cc4ccccc4c(-c4c(OPOc5ccccc5C(C)C)ccc5ccccc45)c3OPOc3ccccc3C(C)C)cc2)cc1. The lowest BCUT2D eigenvalue weighted by atomic mass is 9.90. The Balaban J connectivity index is 1.19. The van der Waals surface area contributed by atoms with Crippen LogP contribution in [0.1, 0.15) is 83.3 Å². The summed E-state index contributed by atoms with van der Waals surface area (Å²) in [5.41, 5.74) is 8.48. The Kier molecular flexibility index (Phi) is 13.5. The van der Waals surface area contributed by atoms with Crippen LogP contribution in [0.2, 0.25) is 0 Å². The summed E-state index contributed by atoms with van der Waals surface area (Å²) >= 11 is 0. The Morgan fingerprint density at radius 2 is 1.00 bits per heavy atom. The zero-order valence-corrected chi connectivity index (χ0v) is 37.6. The Morgan fingerprint density at radius 1 is 0.500 bits per heavy atom. The van der Waals surface area contributed by atoms with Gasteiger partial charge in [0.05, 0.1) is 0 Å². The number of carbonyl (C=O) groups excluding carboxylic acids is 1. The van der Waals surface area contributed by atoms with Crippen LogP contribution in [0.25, 0.3) is 32.7 Å². The topological polar surface area (TPSA) is 63.2 Å². The van der Waals surface area contributed by atoms with Gasteiger partial charge in [0, 0.05) is 11.1 Å². The zero-order chi connectivity index (χ0) is 43.0. The van der Waals surface area contributed by atoms with E-state index in [4.69, 9.17) is 22.8 Å². The van der Waals surface area contributed by atoms with Gasteiger partial charge in [-0.2, -0.15) is 0 Å². The molecule has 0 heterocycles. The van der Waals surface area contributed by atoms with Crippen LogP contribution in [-0.4, -0.2) is 5.97 Å². The van der Waals surface area contributed by atoms with Crippen LogP contribution in [0.15, 0.2) is 164 Å². The van der Waals surface area contributed by atoms with Crippen molar-refractivity contribution in [3.05, 3.63) is 203 Å². The minimum absolute atomic E-state index is 0.0880. The summed E-state index contributed by atoms with van der Waals surface area (Å²) in [6.07, 6.45) is 0.823. The molecule has 0 amide bonds. The number of esters is 1. The minimum Gasteiger partial charge on any atom is -0.457 e. The number of benzene rings is 8. The zero-order valence-electron chi connectivity index (χ0n) is 35.6. The van der Waals surface area contributed by atoms with Gasteiger partial charge in [-0.15, -0.1) is 0 Å². The first kappa shape index (κ1) is 42.5. The number of carbonyl (C=O) groups is 1. The maximum absolute atomic E-state index is 14.6. The highest BCUT2D eigenvalue weighted by Gasteiger charge is 2.27. The molecule has 2 unspecified atom stereocenters. The van der Waals surface area contributed by atoms with Gasteiger partial charge in [0.2, 0.25) is 0 Å². The van der Waals surface area contributed by atoms with Crippen molar-refractivity contribution in [1.29, 1.82) is 0 Å². The minimum atomic E-state index is -0.513. The van der Waals surface area contributed by atoms with Gasteiger partial charge in [-0.3, -0.25) is 0 Å². The van der Waals surface area contributed by atoms with Crippen molar-refractivity contribution in [3.8, 4) is 34.1 Å². The maximum Gasteiger partial charge on any atom is 0.342 e. The van der Waals surface area contributed by atoms with E-state index in [0.29, 0.717) is 17.1 Å². The van der Waals surface area contributed by atoms with E-state index in [1.54, 1.807) is 0 Å². The highest BCUT2D eigenvalue weighted by atomic mass is 31.1. The average molecular weight is 857 g/mol. The molecule has 62 heavy (non-hydrogen) atoms. The van der Waals surface area contributed by atoms with Crippen LogP contribution in [-0.2, 0) is 17.8 Å². The first-order chi connectivity index (χ1) is 30.2. The molecule has 8 aromatic rings. The van der Waals surface area contributed by atoms with E-state index in [2.05, 4.69) is 95.3 Å². The molecule has 6 nitrogen and oxygen atoms in total. The Morgan fingerprint density at radius 3 is 1.63 bits per heavy atom. The lowest BCUT2D eigenvalue weighted by Gasteiger charge is -2.22. The van der Waals surface area contributed by atoms with Gasteiger partial charge in [-0.1, -0.05) is 173 Å². The van der Waals surface area contributed by atoms with Gasteiger partial charge in [0.25, 0.3) is 18.1 Å². The van der Waals surface area contributed by atoms with Crippen molar-refractivity contribution < 1.29 is 27.6 Å². The predicted molar refractivity (Wildman–Crippen MR) is 257 cm³/mol. The smallest absolute Gasteiger partial charge is 0.342 e. The summed E-state index contributed by atoms with van der Waals surface area (Å²) in [5, 5.41) is 3.66. The molecule has 0 spiro atoms. The number of aryl methyl sites for hydroxylation is 1. The molecule has 2 atom stereocenters. The van der Waals surface area contributed by atoms with Gasteiger partial charge in [-0.05, 0) is 98.8 Å². The standard InChI is InChI=1S/C54H50O6P2/c1-35(2)43-16-10-12-20-48(43)57-61-59-50-31-30-41-14-6-8-18-45(41)51(50)52-46-19-9-7-15-42(46)33-47(53(52)60-62-58-49-21-13-11-17-44(49)36(3)4)54(55)56-34-40-28-26-39(27-29-40)32-38-24-22-37(5)23-25-38/h6-31,33,35-36,61-62H,32,34H2,1-5H3. The predicted octanol–water partition coefficient (Wildman–Crippen LogP) is 15.1. The molecule has 0 aliphatic carbocycles. The van der Waals surface area contributed by atoms with Crippen LogP contribution >= 0.6 is 18.1 Å². The van der Waals surface area contributed by atoms with Crippen molar-refractivity contribution >= 4 is 45.6 Å². The van der Waals surface area contributed by atoms with E-state index in [-0.39, 0.29) is 33.0 Å². The van der Waals surface area contributed by atoms with Gasteiger partial charge < -0.3 is 22.8 Å². The number of fused-ring (bicyclic) bond motifs is 2. The molecule has 0 aliphatic rings. The molecule has 0 N–H and O–H groups in total. The van der Waals surface area contributed by atoms with Gasteiger partial charge in [0.15, 0.2) is 0 Å². The van der Waals surface area contributed by atoms with E-state index >= 15 is 0 Å². The third-order valence-electron chi connectivity index (χ3n) is 11.0.